The standard InChI is InChI=1S/C26H32ClN5O/c27-21-7-5-6-20(16-21)18-32-26-22(8-9-24(29-26)31-14-3-1-2-4-15-31)25(30-32)23(33)17-19-10-12-28-13-11-19/h5-9,16,19,28H,1-4,10-15,17-18H2. The lowest BCUT2D eigenvalue weighted by atomic mass is 9.91. The van der Waals surface area contributed by atoms with Crippen molar-refractivity contribution in [2.24, 2.45) is 5.92 Å². The van der Waals surface area contributed by atoms with Gasteiger partial charge in [-0.1, -0.05) is 36.6 Å². The average Bonchev–Trinajstić information content (AvgIpc) is 2.98. The molecule has 3 aromatic rings. The maximum Gasteiger partial charge on any atom is 0.184 e. The van der Waals surface area contributed by atoms with Gasteiger partial charge in [-0.2, -0.15) is 5.10 Å². The van der Waals surface area contributed by atoms with Crippen molar-refractivity contribution in [3.63, 3.8) is 0 Å². The predicted molar refractivity (Wildman–Crippen MR) is 133 cm³/mol. The number of halogens is 1. The van der Waals surface area contributed by atoms with Gasteiger partial charge in [-0.3, -0.25) is 4.79 Å². The van der Waals surface area contributed by atoms with Crippen molar-refractivity contribution >= 4 is 34.2 Å². The Morgan fingerprint density at radius 3 is 2.61 bits per heavy atom. The summed E-state index contributed by atoms with van der Waals surface area (Å²) in [5, 5.41) is 9.75. The van der Waals surface area contributed by atoms with Crippen molar-refractivity contribution < 1.29 is 4.79 Å². The van der Waals surface area contributed by atoms with E-state index < -0.39 is 0 Å². The molecule has 0 saturated carbocycles. The van der Waals surface area contributed by atoms with Crippen LogP contribution >= 0.6 is 11.6 Å². The fourth-order valence-corrected chi connectivity index (χ4v) is 5.30. The molecule has 0 radical (unpaired) electrons. The summed E-state index contributed by atoms with van der Waals surface area (Å²) in [6.07, 6.45) is 7.60. The van der Waals surface area contributed by atoms with Crippen LogP contribution in [0.2, 0.25) is 5.02 Å². The second-order valence-corrected chi connectivity index (χ2v) is 9.84. The number of anilines is 1. The van der Waals surface area contributed by atoms with E-state index in [1.165, 1.54) is 25.7 Å². The first-order valence-electron chi connectivity index (χ1n) is 12.3. The molecule has 1 N–H and O–H groups in total. The van der Waals surface area contributed by atoms with E-state index in [1.807, 2.05) is 28.9 Å². The first-order chi connectivity index (χ1) is 16.2. The first-order valence-corrected chi connectivity index (χ1v) is 12.7. The number of hydrogen-bond acceptors (Lipinski definition) is 5. The van der Waals surface area contributed by atoms with E-state index in [-0.39, 0.29) is 5.78 Å². The van der Waals surface area contributed by atoms with Gasteiger partial charge in [-0.05, 0) is 74.5 Å². The molecule has 5 rings (SSSR count). The molecule has 7 heteroatoms. The lowest BCUT2D eigenvalue weighted by Gasteiger charge is -2.21. The first kappa shape index (κ1) is 22.4. The summed E-state index contributed by atoms with van der Waals surface area (Å²) in [6, 6.07) is 11.9. The number of carbonyl (C=O) groups is 1. The quantitative estimate of drug-likeness (QED) is 0.514. The Bertz CT molecular complexity index is 1110. The number of aromatic nitrogens is 3. The van der Waals surface area contributed by atoms with Crippen molar-refractivity contribution in [1.29, 1.82) is 0 Å². The number of carbonyl (C=O) groups excluding carboxylic acids is 1. The third-order valence-electron chi connectivity index (χ3n) is 6.93. The van der Waals surface area contributed by atoms with Gasteiger partial charge in [-0.15, -0.1) is 0 Å². The highest BCUT2D eigenvalue weighted by Crippen LogP contribution is 2.27. The molecule has 0 unspecified atom stereocenters. The number of hydrogen-bond donors (Lipinski definition) is 1. The lowest BCUT2D eigenvalue weighted by Crippen LogP contribution is -2.29. The van der Waals surface area contributed by atoms with E-state index in [0.29, 0.717) is 29.6 Å². The zero-order valence-corrected chi connectivity index (χ0v) is 19.9. The molecule has 6 nitrogen and oxygen atoms in total. The minimum atomic E-state index is 0.126. The summed E-state index contributed by atoms with van der Waals surface area (Å²) >= 11 is 6.22. The number of nitrogens with one attached hydrogen (secondary N) is 1. The highest BCUT2D eigenvalue weighted by Gasteiger charge is 2.24. The SMILES string of the molecule is O=C(CC1CCNCC1)c1nn(Cc2cccc(Cl)c2)c2nc(N3CCCCCC3)ccc12. The van der Waals surface area contributed by atoms with Crippen LogP contribution < -0.4 is 10.2 Å². The normalized spacial score (nSPS) is 17.9. The number of rotatable bonds is 6. The largest absolute Gasteiger partial charge is 0.357 e. The van der Waals surface area contributed by atoms with Gasteiger partial charge >= 0.3 is 0 Å². The monoisotopic (exact) mass is 465 g/mol. The molecule has 2 aromatic heterocycles. The predicted octanol–water partition coefficient (Wildman–Crippen LogP) is 5.09. The van der Waals surface area contributed by atoms with Crippen molar-refractivity contribution in [2.45, 2.75) is 51.5 Å². The van der Waals surface area contributed by atoms with E-state index in [1.54, 1.807) is 0 Å². The molecule has 2 aliphatic rings. The molecule has 2 aliphatic heterocycles. The molecule has 0 amide bonds. The number of pyridine rings is 1. The van der Waals surface area contributed by atoms with Gasteiger partial charge in [0.25, 0.3) is 0 Å². The summed E-state index contributed by atoms with van der Waals surface area (Å²) in [5.41, 5.74) is 2.39. The number of Topliss-reactive ketones (excluding diaryl/α,β-unsaturated/α-hetero) is 1. The molecule has 0 spiro atoms. The molecule has 0 bridgehead atoms. The van der Waals surface area contributed by atoms with E-state index >= 15 is 0 Å². The van der Waals surface area contributed by atoms with Crippen molar-refractivity contribution in [2.75, 3.05) is 31.1 Å². The maximum atomic E-state index is 13.3. The minimum Gasteiger partial charge on any atom is -0.357 e. The van der Waals surface area contributed by atoms with E-state index in [2.05, 4.69) is 22.3 Å². The van der Waals surface area contributed by atoms with Crippen LogP contribution in [-0.2, 0) is 6.54 Å². The third kappa shape index (κ3) is 5.22. The summed E-state index contributed by atoms with van der Waals surface area (Å²) < 4.78 is 1.89. The smallest absolute Gasteiger partial charge is 0.184 e. The molecule has 0 atom stereocenters. The summed E-state index contributed by atoms with van der Waals surface area (Å²) in [4.78, 5) is 20.7. The number of fused-ring (bicyclic) bond motifs is 1. The topological polar surface area (TPSA) is 63.1 Å². The number of benzene rings is 1. The molecule has 0 aliphatic carbocycles. The zero-order valence-electron chi connectivity index (χ0n) is 19.1. The Morgan fingerprint density at radius 1 is 1.06 bits per heavy atom. The fourth-order valence-electron chi connectivity index (χ4n) is 5.09. The Balaban J connectivity index is 1.50. The Kier molecular flexibility index (Phi) is 6.93. The number of nitrogens with zero attached hydrogens (tertiary/aromatic N) is 4. The molecule has 2 saturated heterocycles. The minimum absolute atomic E-state index is 0.126. The Hall–Kier alpha value is -2.44. The van der Waals surface area contributed by atoms with E-state index in [9.17, 15) is 4.79 Å². The Labute approximate surface area is 200 Å². The van der Waals surface area contributed by atoms with Gasteiger partial charge in [-0.25, -0.2) is 9.67 Å². The fraction of sp³-hybridized carbons (Fsp3) is 0.500. The van der Waals surface area contributed by atoms with Gasteiger partial charge in [0.1, 0.15) is 11.5 Å². The summed E-state index contributed by atoms with van der Waals surface area (Å²) in [5.74, 6) is 1.53. The van der Waals surface area contributed by atoms with Crippen molar-refractivity contribution in [3.8, 4) is 0 Å². The molecule has 174 valence electrons. The third-order valence-corrected chi connectivity index (χ3v) is 7.16. The van der Waals surface area contributed by atoms with Crippen molar-refractivity contribution in [1.82, 2.24) is 20.1 Å². The number of piperidine rings is 1. The molecular formula is C26H32ClN5O. The second-order valence-electron chi connectivity index (χ2n) is 9.40. The van der Waals surface area contributed by atoms with Crippen LogP contribution in [0.5, 0.6) is 0 Å². The molecule has 4 heterocycles. The van der Waals surface area contributed by atoms with E-state index in [0.717, 1.165) is 61.4 Å². The average molecular weight is 466 g/mol. The van der Waals surface area contributed by atoms with Gasteiger partial charge in [0.2, 0.25) is 0 Å². The zero-order chi connectivity index (χ0) is 22.6. The molecule has 33 heavy (non-hydrogen) atoms. The van der Waals surface area contributed by atoms with Crippen LogP contribution in [0.25, 0.3) is 11.0 Å². The van der Waals surface area contributed by atoms with Crippen molar-refractivity contribution in [3.05, 3.63) is 52.7 Å². The maximum absolute atomic E-state index is 13.3. The molecule has 1 aromatic carbocycles. The molecule has 2 fully saturated rings. The van der Waals surface area contributed by atoms with Crippen LogP contribution in [-0.4, -0.2) is 46.7 Å². The summed E-state index contributed by atoms with van der Waals surface area (Å²) in [7, 11) is 0. The summed E-state index contributed by atoms with van der Waals surface area (Å²) in [6.45, 7) is 4.57. The highest BCUT2D eigenvalue weighted by atomic mass is 35.5. The van der Waals surface area contributed by atoms with Gasteiger partial charge in [0, 0.05) is 24.5 Å². The van der Waals surface area contributed by atoms with Gasteiger partial charge in [0.15, 0.2) is 11.4 Å². The van der Waals surface area contributed by atoms with Gasteiger partial charge < -0.3 is 10.2 Å². The highest BCUT2D eigenvalue weighted by molar-refractivity contribution is 6.30. The van der Waals surface area contributed by atoms with Crippen LogP contribution in [0.4, 0.5) is 5.82 Å². The molecular weight excluding hydrogens is 434 g/mol. The number of ketones is 1. The van der Waals surface area contributed by atoms with E-state index in [4.69, 9.17) is 21.7 Å². The van der Waals surface area contributed by atoms with Crippen LogP contribution in [0, 0.1) is 5.92 Å². The second kappa shape index (κ2) is 10.2. The van der Waals surface area contributed by atoms with Crippen LogP contribution in [0.15, 0.2) is 36.4 Å². The van der Waals surface area contributed by atoms with Crippen LogP contribution in [0.3, 0.4) is 0 Å². The van der Waals surface area contributed by atoms with Crippen LogP contribution in [0.1, 0.15) is 61.0 Å². The lowest BCUT2D eigenvalue weighted by molar-refractivity contribution is 0.0948. The Morgan fingerprint density at radius 2 is 1.85 bits per heavy atom. The van der Waals surface area contributed by atoms with Gasteiger partial charge in [0.05, 0.1) is 11.9 Å².